The first-order chi connectivity index (χ1) is 7.33. The van der Waals surface area contributed by atoms with Gasteiger partial charge in [-0.25, -0.2) is 4.98 Å². The third kappa shape index (κ3) is 2.09. The second-order valence-electron chi connectivity index (χ2n) is 3.76. The van der Waals surface area contributed by atoms with Crippen molar-refractivity contribution in [2.75, 3.05) is 6.61 Å². The first-order valence-electron chi connectivity index (χ1n) is 5.50. The van der Waals surface area contributed by atoms with Gasteiger partial charge in [0.2, 0.25) is 5.78 Å². The molecule has 15 heavy (non-hydrogen) atoms. The van der Waals surface area contributed by atoms with Gasteiger partial charge in [0, 0.05) is 25.5 Å². The van der Waals surface area contributed by atoms with Crippen molar-refractivity contribution >= 4 is 5.78 Å². The molecule has 0 saturated carbocycles. The average Bonchev–Trinajstić information content (AvgIpc) is 2.77. The topological polar surface area (TPSA) is 44.1 Å². The molecule has 1 atom stereocenters. The number of ketones is 1. The molecule has 0 N–H and O–H groups in total. The van der Waals surface area contributed by atoms with E-state index in [4.69, 9.17) is 4.74 Å². The number of Topliss-reactive ketones (excluding diaryl/α,β-unsaturated/α-hetero) is 1. The minimum absolute atomic E-state index is 0.0292. The van der Waals surface area contributed by atoms with Gasteiger partial charge in [0.05, 0.1) is 0 Å². The van der Waals surface area contributed by atoms with Crippen molar-refractivity contribution in [3.05, 3.63) is 18.2 Å². The van der Waals surface area contributed by atoms with Crippen molar-refractivity contribution in [3.63, 3.8) is 0 Å². The Labute approximate surface area is 89.3 Å². The number of aromatic nitrogens is 2. The lowest BCUT2D eigenvalue weighted by Crippen LogP contribution is -2.30. The minimum atomic E-state index is -0.272. The molecule has 4 nitrogen and oxygen atoms in total. The molecule has 1 fully saturated rings. The van der Waals surface area contributed by atoms with E-state index in [0.29, 0.717) is 12.4 Å². The fourth-order valence-electron chi connectivity index (χ4n) is 1.88. The number of hydrogen-bond acceptors (Lipinski definition) is 3. The minimum Gasteiger partial charge on any atom is -0.370 e. The van der Waals surface area contributed by atoms with E-state index in [2.05, 4.69) is 4.98 Å². The Hall–Kier alpha value is -1.16. The lowest BCUT2D eigenvalue weighted by atomic mass is 10.1. The number of hydrogen-bond donors (Lipinski definition) is 0. The van der Waals surface area contributed by atoms with Crippen LogP contribution in [0.4, 0.5) is 0 Å². The predicted molar refractivity (Wildman–Crippen MR) is 55.8 cm³/mol. The van der Waals surface area contributed by atoms with Crippen molar-refractivity contribution in [2.45, 2.75) is 38.8 Å². The van der Waals surface area contributed by atoms with Gasteiger partial charge in [-0.15, -0.1) is 0 Å². The van der Waals surface area contributed by atoms with Gasteiger partial charge in [0.25, 0.3) is 0 Å². The van der Waals surface area contributed by atoms with Crippen molar-refractivity contribution in [1.82, 2.24) is 9.55 Å². The molecular formula is C11H16N2O2. The Morgan fingerprint density at radius 1 is 1.67 bits per heavy atom. The lowest BCUT2D eigenvalue weighted by Gasteiger charge is -2.21. The highest BCUT2D eigenvalue weighted by atomic mass is 16.5. The number of nitrogens with zero attached hydrogens (tertiary/aromatic N) is 2. The molecule has 82 valence electrons. The fourth-order valence-corrected chi connectivity index (χ4v) is 1.88. The molecule has 0 radical (unpaired) electrons. The molecule has 1 aliphatic heterocycles. The lowest BCUT2D eigenvalue weighted by molar-refractivity contribution is 0.0176. The summed E-state index contributed by atoms with van der Waals surface area (Å²) in [6.45, 7) is 3.47. The average molecular weight is 208 g/mol. The molecule has 0 aromatic carbocycles. The molecule has 0 aliphatic carbocycles. The molecule has 2 rings (SSSR count). The maximum Gasteiger partial charge on any atom is 0.226 e. The summed E-state index contributed by atoms with van der Waals surface area (Å²) >= 11 is 0. The van der Waals surface area contributed by atoms with E-state index in [1.54, 1.807) is 6.20 Å². The normalized spacial score (nSPS) is 21.5. The molecule has 2 heterocycles. The van der Waals surface area contributed by atoms with Crippen LogP contribution in [0, 0.1) is 0 Å². The number of carbonyl (C=O) groups excluding carboxylic acids is 1. The van der Waals surface area contributed by atoms with Crippen LogP contribution in [0.1, 0.15) is 36.8 Å². The van der Waals surface area contributed by atoms with Crippen LogP contribution in [-0.2, 0) is 11.3 Å². The monoisotopic (exact) mass is 208 g/mol. The SMILES string of the molecule is CCn1ccnc1C(=O)C1CCCCO1. The molecule has 1 aromatic rings. The maximum absolute atomic E-state index is 12.0. The van der Waals surface area contributed by atoms with Crippen LogP contribution in [0.25, 0.3) is 0 Å². The molecule has 1 aliphatic rings. The van der Waals surface area contributed by atoms with Crippen LogP contribution in [0.5, 0.6) is 0 Å². The van der Waals surface area contributed by atoms with Crippen LogP contribution in [-0.4, -0.2) is 28.0 Å². The zero-order valence-electron chi connectivity index (χ0n) is 8.98. The summed E-state index contributed by atoms with van der Waals surface area (Å²) in [4.78, 5) is 16.1. The van der Waals surface area contributed by atoms with Crippen LogP contribution >= 0.6 is 0 Å². The van der Waals surface area contributed by atoms with Gasteiger partial charge in [0.1, 0.15) is 6.10 Å². The van der Waals surface area contributed by atoms with Crippen molar-refractivity contribution in [1.29, 1.82) is 0 Å². The number of carbonyl (C=O) groups is 1. The summed E-state index contributed by atoms with van der Waals surface area (Å²) in [7, 11) is 0. The van der Waals surface area contributed by atoms with Crippen molar-refractivity contribution in [3.8, 4) is 0 Å². The Morgan fingerprint density at radius 2 is 2.53 bits per heavy atom. The van der Waals surface area contributed by atoms with E-state index in [1.165, 1.54) is 0 Å². The van der Waals surface area contributed by atoms with Crippen molar-refractivity contribution in [2.24, 2.45) is 0 Å². The summed E-state index contributed by atoms with van der Waals surface area (Å²) in [5, 5.41) is 0. The van der Waals surface area contributed by atoms with E-state index in [-0.39, 0.29) is 11.9 Å². The summed E-state index contributed by atoms with van der Waals surface area (Å²) < 4.78 is 7.32. The first-order valence-corrected chi connectivity index (χ1v) is 5.50. The van der Waals surface area contributed by atoms with Gasteiger partial charge in [-0.1, -0.05) is 0 Å². The molecular weight excluding hydrogens is 192 g/mol. The smallest absolute Gasteiger partial charge is 0.226 e. The van der Waals surface area contributed by atoms with E-state index in [9.17, 15) is 4.79 Å². The largest absolute Gasteiger partial charge is 0.370 e. The fraction of sp³-hybridized carbons (Fsp3) is 0.636. The van der Waals surface area contributed by atoms with Gasteiger partial charge < -0.3 is 9.30 Å². The zero-order valence-corrected chi connectivity index (χ0v) is 8.98. The molecule has 0 spiro atoms. The highest BCUT2D eigenvalue weighted by molar-refractivity contribution is 5.96. The first kappa shape index (κ1) is 10.4. The summed E-state index contributed by atoms with van der Waals surface area (Å²) in [6.07, 6.45) is 6.19. The maximum atomic E-state index is 12.0. The Morgan fingerprint density at radius 3 is 3.20 bits per heavy atom. The van der Waals surface area contributed by atoms with Crippen LogP contribution in [0.2, 0.25) is 0 Å². The summed E-state index contributed by atoms with van der Waals surface area (Å²) in [6, 6.07) is 0. The quantitative estimate of drug-likeness (QED) is 0.709. The number of aryl methyl sites for hydroxylation is 1. The summed E-state index contributed by atoms with van der Waals surface area (Å²) in [5.74, 6) is 0.561. The van der Waals surface area contributed by atoms with E-state index in [1.807, 2.05) is 17.7 Å². The van der Waals surface area contributed by atoms with Crippen molar-refractivity contribution < 1.29 is 9.53 Å². The number of ether oxygens (including phenoxy) is 1. The molecule has 0 bridgehead atoms. The second-order valence-corrected chi connectivity index (χ2v) is 3.76. The molecule has 1 unspecified atom stereocenters. The van der Waals surface area contributed by atoms with Crippen LogP contribution < -0.4 is 0 Å². The highest BCUT2D eigenvalue weighted by Gasteiger charge is 2.26. The Kier molecular flexibility index (Phi) is 3.16. The molecule has 0 amide bonds. The Balaban J connectivity index is 2.12. The van der Waals surface area contributed by atoms with E-state index >= 15 is 0 Å². The van der Waals surface area contributed by atoms with Gasteiger partial charge in [-0.3, -0.25) is 4.79 Å². The van der Waals surface area contributed by atoms with Crippen LogP contribution in [0.15, 0.2) is 12.4 Å². The third-order valence-electron chi connectivity index (χ3n) is 2.75. The third-order valence-corrected chi connectivity index (χ3v) is 2.75. The predicted octanol–water partition coefficient (Wildman–Crippen LogP) is 1.65. The Bertz CT molecular complexity index is 340. The van der Waals surface area contributed by atoms with Gasteiger partial charge in [-0.05, 0) is 26.2 Å². The van der Waals surface area contributed by atoms with Gasteiger partial charge in [0.15, 0.2) is 5.82 Å². The standard InChI is InChI=1S/C11H16N2O2/c1-2-13-7-6-12-11(13)10(14)9-5-3-4-8-15-9/h6-7,9H,2-5,8H2,1H3. The van der Waals surface area contributed by atoms with Crippen LogP contribution in [0.3, 0.4) is 0 Å². The van der Waals surface area contributed by atoms with Gasteiger partial charge >= 0.3 is 0 Å². The molecule has 1 aromatic heterocycles. The summed E-state index contributed by atoms with van der Waals surface area (Å²) in [5.41, 5.74) is 0. The second kappa shape index (κ2) is 4.57. The van der Waals surface area contributed by atoms with Gasteiger partial charge in [-0.2, -0.15) is 0 Å². The molecule has 1 saturated heterocycles. The number of rotatable bonds is 3. The molecule has 4 heteroatoms. The van der Waals surface area contributed by atoms with E-state index in [0.717, 1.165) is 25.8 Å². The number of imidazole rings is 1. The zero-order chi connectivity index (χ0) is 10.7. The highest BCUT2D eigenvalue weighted by Crippen LogP contribution is 2.16. The van der Waals surface area contributed by atoms with E-state index < -0.39 is 0 Å².